The topological polar surface area (TPSA) is 117 Å². The Kier molecular flexibility index (Phi) is 11.1. The number of ether oxygens (including phenoxy) is 2. The van der Waals surface area contributed by atoms with Crippen LogP contribution in [0.25, 0.3) is 0 Å². The van der Waals surface area contributed by atoms with Gasteiger partial charge in [-0.2, -0.15) is 39.5 Å². The Hall–Kier alpha value is -4.81. The maximum absolute atomic E-state index is 13.9. The van der Waals surface area contributed by atoms with Gasteiger partial charge in [-0.05, 0) is 54.8 Å². The molecule has 282 valence electrons. The van der Waals surface area contributed by atoms with Crippen LogP contribution in [0.15, 0.2) is 42.6 Å². The van der Waals surface area contributed by atoms with Crippen LogP contribution < -0.4 is 15.1 Å². The molecule has 4 heterocycles. The van der Waals surface area contributed by atoms with Gasteiger partial charge in [0, 0.05) is 31.1 Å². The lowest BCUT2D eigenvalue weighted by atomic mass is 9.92. The first-order valence-corrected chi connectivity index (χ1v) is 16.0. The fourth-order valence-electron chi connectivity index (χ4n) is 6.05. The lowest BCUT2D eigenvalue weighted by molar-refractivity contribution is -0.143. The highest BCUT2D eigenvalue weighted by Gasteiger charge is 2.41. The van der Waals surface area contributed by atoms with Gasteiger partial charge in [0.2, 0.25) is 0 Å². The second-order valence-electron chi connectivity index (χ2n) is 12.1. The predicted molar refractivity (Wildman–Crippen MR) is 167 cm³/mol. The van der Waals surface area contributed by atoms with Gasteiger partial charge in [0.15, 0.2) is 0 Å². The lowest BCUT2D eigenvalue weighted by Crippen LogP contribution is -2.46. The van der Waals surface area contributed by atoms with Gasteiger partial charge in [0.05, 0.1) is 60.1 Å². The number of aromatic nitrogens is 2. The Morgan fingerprint density at radius 3 is 2.19 bits per heavy atom. The number of pyridine rings is 2. The molecule has 1 saturated heterocycles. The molecule has 1 amide bonds. The summed E-state index contributed by atoms with van der Waals surface area (Å²) in [7, 11) is 0. The number of aliphatic carboxylic acids is 1. The van der Waals surface area contributed by atoms with Crippen LogP contribution in [0.3, 0.4) is 0 Å². The molecular weight excluding hydrogens is 717 g/mol. The SMILES string of the molecule is CC[C@@H]1C[C@H](Nc2ncc(N3CCOCC3)cc2Cc2cc(C(F)(F)F)cc(C(F)(F)F)c2)c2nc(C(F)(F)F)ccc2N1C(=O)OCCC(=O)O. The number of carboxylic acid groups (broad SMARTS) is 1. The van der Waals surface area contributed by atoms with Crippen molar-refractivity contribution in [2.45, 2.75) is 63.2 Å². The first-order valence-electron chi connectivity index (χ1n) is 16.0. The Balaban J connectivity index is 1.59. The van der Waals surface area contributed by atoms with E-state index in [0.717, 1.165) is 11.0 Å². The van der Waals surface area contributed by atoms with Crippen molar-refractivity contribution >= 4 is 29.3 Å². The van der Waals surface area contributed by atoms with Crippen molar-refractivity contribution < 1.29 is 63.7 Å². The molecule has 1 fully saturated rings. The number of amides is 1. The van der Waals surface area contributed by atoms with E-state index in [1.54, 1.807) is 6.92 Å². The normalized spacial score (nSPS) is 18.2. The van der Waals surface area contributed by atoms with E-state index in [2.05, 4.69) is 15.3 Å². The molecule has 2 aliphatic rings. The van der Waals surface area contributed by atoms with Crippen molar-refractivity contribution in [3.8, 4) is 0 Å². The van der Waals surface area contributed by atoms with Gasteiger partial charge in [0.1, 0.15) is 18.1 Å². The number of nitrogens with one attached hydrogen (secondary N) is 1. The molecule has 2 N–H and O–H groups in total. The lowest BCUT2D eigenvalue weighted by Gasteiger charge is -2.40. The molecule has 3 aromatic rings. The van der Waals surface area contributed by atoms with Gasteiger partial charge in [-0.1, -0.05) is 6.92 Å². The quantitative estimate of drug-likeness (QED) is 0.212. The van der Waals surface area contributed by atoms with Crippen molar-refractivity contribution in [3.63, 3.8) is 0 Å². The minimum Gasteiger partial charge on any atom is -0.481 e. The number of benzene rings is 1. The van der Waals surface area contributed by atoms with Crippen molar-refractivity contribution in [2.75, 3.05) is 48.0 Å². The molecular formula is C33H32F9N5O5. The maximum atomic E-state index is 13.9. The Morgan fingerprint density at radius 1 is 0.962 bits per heavy atom. The number of nitrogens with zero attached hydrogens (tertiary/aromatic N) is 4. The Labute approximate surface area is 290 Å². The van der Waals surface area contributed by atoms with Gasteiger partial charge in [-0.25, -0.2) is 14.8 Å². The minimum atomic E-state index is -5.10. The summed E-state index contributed by atoms with van der Waals surface area (Å²) in [6, 6.07) is 2.59. The highest BCUT2D eigenvalue weighted by Crippen LogP contribution is 2.43. The number of halogens is 9. The fourth-order valence-corrected chi connectivity index (χ4v) is 6.05. The monoisotopic (exact) mass is 749 g/mol. The summed E-state index contributed by atoms with van der Waals surface area (Å²) in [5.41, 5.74) is -4.42. The molecule has 0 saturated carbocycles. The van der Waals surface area contributed by atoms with Crippen LogP contribution in [-0.2, 0) is 39.2 Å². The number of carbonyl (C=O) groups excluding carboxylic acids is 1. The smallest absolute Gasteiger partial charge is 0.433 e. The first kappa shape index (κ1) is 38.4. The van der Waals surface area contributed by atoms with E-state index in [9.17, 15) is 49.1 Å². The molecule has 19 heteroatoms. The summed E-state index contributed by atoms with van der Waals surface area (Å²) in [6.45, 7) is 2.68. The Morgan fingerprint density at radius 2 is 1.62 bits per heavy atom. The summed E-state index contributed by atoms with van der Waals surface area (Å²) in [4.78, 5) is 35.3. The van der Waals surface area contributed by atoms with E-state index in [1.807, 2.05) is 4.90 Å². The largest absolute Gasteiger partial charge is 0.481 e. The molecule has 2 aliphatic heterocycles. The summed E-state index contributed by atoms with van der Waals surface area (Å²) in [5, 5.41) is 12.0. The highest BCUT2D eigenvalue weighted by molar-refractivity contribution is 5.90. The molecule has 5 rings (SSSR count). The first-order chi connectivity index (χ1) is 24.3. The summed E-state index contributed by atoms with van der Waals surface area (Å²) < 4.78 is 135. The van der Waals surface area contributed by atoms with Crippen molar-refractivity contribution in [2.24, 2.45) is 0 Å². The summed E-state index contributed by atoms with van der Waals surface area (Å²) in [5.74, 6) is -1.30. The molecule has 1 aromatic carbocycles. The zero-order valence-electron chi connectivity index (χ0n) is 27.3. The number of hydrogen-bond donors (Lipinski definition) is 2. The molecule has 10 nitrogen and oxygen atoms in total. The van der Waals surface area contributed by atoms with Gasteiger partial charge in [-0.3, -0.25) is 9.69 Å². The van der Waals surface area contributed by atoms with Gasteiger partial charge in [0.25, 0.3) is 0 Å². The number of carbonyl (C=O) groups is 2. The van der Waals surface area contributed by atoms with Crippen molar-refractivity contribution in [3.05, 3.63) is 76.2 Å². The second kappa shape index (κ2) is 15.0. The van der Waals surface area contributed by atoms with E-state index in [-0.39, 0.29) is 47.2 Å². The molecule has 0 bridgehead atoms. The van der Waals surface area contributed by atoms with Crippen LogP contribution in [0, 0.1) is 0 Å². The number of carboxylic acids is 1. The molecule has 52 heavy (non-hydrogen) atoms. The van der Waals surface area contributed by atoms with Crippen LogP contribution >= 0.6 is 0 Å². The summed E-state index contributed by atoms with van der Waals surface area (Å²) >= 11 is 0. The minimum absolute atomic E-state index is 0.0112. The molecule has 0 radical (unpaired) electrons. The second-order valence-corrected chi connectivity index (χ2v) is 12.1. The van der Waals surface area contributed by atoms with Gasteiger partial charge < -0.3 is 24.8 Å². The number of rotatable bonds is 9. The number of morpholine rings is 1. The molecule has 0 aliphatic carbocycles. The van der Waals surface area contributed by atoms with E-state index in [1.165, 1.54) is 12.3 Å². The molecule has 0 spiro atoms. The predicted octanol–water partition coefficient (Wildman–Crippen LogP) is 7.71. The summed E-state index contributed by atoms with van der Waals surface area (Å²) in [6.07, 6.45) is -15.6. The molecule has 0 unspecified atom stereocenters. The van der Waals surface area contributed by atoms with E-state index in [0.29, 0.717) is 50.2 Å². The fraction of sp³-hybridized carbons (Fsp3) is 0.455. The standard InChI is InChI=1S/C33H32F9N5O5/c1-2-22-16-24(28-25(3-4-26(45-28)33(40,41)42)47(22)30(50)52-8-5-27(48)49)44-29-19(14-23(17-43-29)46-6-9-51-10-7-46)11-18-12-20(31(34,35)36)15-21(13-18)32(37,38)39/h3-4,12-15,17,22,24H,2,5-11,16H2,1H3,(H,43,44)(H,48,49)/t22-,24+/m1/s1. The third kappa shape index (κ3) is 8.97. The van der Waals surface area contributed by atoms with Crippen LogP contribution in [-0.4, -0.2) is 66.1 Å². The van der Waals surface area contributed by atoms with Crippen LogP contribution in [0.4, 0.5) is 61.5 Å². The van der Waals surface area contributed by atoms with E-state index >= 15 is 0 Å². The zero-order valence-corrected chi connectivity index (χ0v) is 27.3. The van der Waals surface area contributed by atoms with Crippen LogP contribution in [0.5, 0.6) is 0 Å². The Bertz CT molecular complexity index is 1750. The number of alkyl halides is 9. The molecule has 2 atom stereocenters. The van der Waals surface area contributed by atoms with Crippen molar-refractivity contribution in [1.29, 1.82) is 0 Å². The molecule has 2 aromatic heterocycles. The highest BCUT2D eigenvalue weighted by atomic mass is 19.4. The van der Waals surface area contributed by atoms with Crippen LogP contribution in [0.2, 0.25) is 0 Å². The third-order valence-electron chi connectivity index (χ3n) is 8.55. The zero-order chi connectivity index (χ0) is 38.0. The van der Waals surface area contributed by atoms with Crippen molar-refractivity contribution in [1.82, 2.24) is 9.97 Å². The average Bonchev–Trinajstić information content (AvgIpc) is 3.07. The van der Waals surface area contributed by atoms with Gasteiger partial charge >= 0.3 is 30.6 Å². The number of anilines is 3. The average molecular weight is 750 g/mol. The number of fused-ring (bicyclic) bond motifs is 1. The third-order valence-corrected chi connectivity index (χ3v) is 8.55. The van der Waals surface area contributed by atoms with E-state index in [4.69, 9.17) is 14.6 Å². The van der Waals surface area contributed by atoms with Crippen LogP contribution in [0.1, 0.15) is 65.9 Å². The number of hydrogen-bond acceptors (Lipinski definition) is 8. The van der Waals surface area contributed by atoms with Gasteiger partial charge in [-0.15, -0.1) is 0 Å². The maximum Gasteiger partial charge on any atom is 0.433 e. The van der Waals surface area contributed by atoms with E-state index < -0.39 is 78.9 Å².